The van der Waals surface area contributed by atoms with Gasteiger partial charge >= 0.3 is 0 Å². The summed E-state index contributed by atoms with van der Waals surface area (Å²) in [6.07, 6.45) is 4.68. The van der Waals surface area contributed by atoms with Crippen LogP contribution < -0.4 is 0 Å². The van der Waals surface area contributed by atoms with Gasteiger partial charge in [0.2, 0.25) is 0 Å². The monoisotopic (exact) mass is 455 g/mol. The number of Topliss-reactive ketones (excluding diaryl/α,β-unsaturated/α-hetero) is 1. The number of amides is 2. The van der Waals surface area contributed by atoms with Crippen LogP contribution >= 0.6 is 15.9 Å². The lowest BCUT2D eigenvalue weighted by molar-refractivity contribution is -0.130. The number of piperazine rings is 1. The number of H-pyrrole nitrogens is 1. The second-order valence-electron chi connectivity index (χ2n) is 6.87. The van der Waals surface area contributed by atoms with Gasteiger partial charge in [-0.2, -0.15) is 0 Å². The summed E-state index contributed by atoms with van der Waals surface area (Å²) >= 11 is 3.33. The molecule has 0 spiro atoms. The van der Waals surface area contributed by atoms with E-state index in [9.17, 15) is 14.4 Å². The van der Waals surface area contributed by atoms with Gasteiger partial charge < -0.3 is 14.8 Å². The number of halogens is 1. The quantitative estimate of drug-likeness (QED) is 0.371. The molecule has 0 bridgehead atoms. The molecule has 3 aromatic heterocycles. The lowest BCUT2D eigenvalue weighted by Crippen LogP contribution is -2.56. The Kier molecular flexibility index (Phi) is 5.14. The molecule has 4 heterocycles. The van der Waals surface area contributed by atoms with E-state index in [2.05, 4.69) is 30.9 Å². The lowest BCUT2D eigenvalue weighted by Gasteiger charge is -2.39. The number of carbonyl (C=O) groups excluding carboxylic acids is 3. The largest absolute Gasteiger partial charge is 0.358 e. The Balaban J connectivity index is 1.49. The van der Waals surface area contributed by atoms with Crippen LogP contribution in [0.3, 0.4) is 0 Å². The van der Waals surface area contributed by atoms with Gasteiger partial charge in [-0.1, -0.05) is 6.07 Å². The first-order valence-electron chi connectivity index (χ1n) is 9.14. The molecule has 0 aliphatic carbocycles. The molecular weight excluding hydrogens is 438 g/mol. The molecule has 1 unspecified atom stereocenters. The molecule has 9 heteroatoms. The van der Waals surface area contributed by atoms with Crippen LogP contribution in [0.4, 0.5) is 0 Å². The number of nitrogens with zero attached hydrogens (tertiary/aromatic N) is 4. The number of ketones is 1. The Labute approximate surface area is 175 Å². The minimum Gasteiger partial charge on any atom is -0.358 e. The van der Waals surface area contributed by atoms with Crippen LogP contribution in [0.15, 0.2) is 47.5 Å². The average molecular weight is 456 g/mol. The first kappa shape index (κ1) is 19.3. The van der Waals surface area contributed by atoms with E-state index in [1.807, 2.05) is 6.92 Å². The van der Waals surface area contributed by atoms with Gasteiger partial charge in [-0.25, -0.2) is 4.98 Å². The van der Waals surface area contributed by atoms with E-state index in [-0.39, 0.29) is 18.5 Å². The lowest BCUT2D eigenvalue weighted by atomic mass is 10.1. The fourth-order valence-electron chi connectivity index (χ4n) is 3.55. The second kappa shape index (κ2) is 7.75. The summed E-state index contributed by atoms with van der Waals surface area (Å²) in [4.78, 5) is 52.8. The summed E-state index contributed by atoms with van der Waals surface area (Å²) in [5, 5.41) is 0.641. The van der Waals surface area contributed by atoms with E-state index in [0.29, 0.717) is 39.9 Å². The Hall–Kier alpha value is -3.07. The van der Waals surface area contributed by atoms with Crippen LogP contribution in [-0.4, -0.2) is 68.0 Å². The minimum atomic E-state index is -0.578. The van der Waals surface area contributed by atoms with Crippen LogP contribution in [0, 0.1) is 0 Å². The van der Waals surface area contributed by atoms with Gasteiger partial charge in [-0.15, -0.1) is 0 Å². The molecule has 0 saturated carbocycles. The summed E-state index contributed by atoms with van der Waals surface area (Å²) in [5.41, 5.74) is 1.35. The van der Waals surface area contributed by atoms with E-state index in [0.717, 1.165) is 0 Å². The first-order chi connectivity index (χ1) is 14.0. The predicted octanol–water partition coefficient (Wildman–Crippen LogP) is 2.28. The SMILES string of the molecule is CC1CN(C(=O)c2ccccn2)CCN1C(=O)C(=O)c1c[nH]c2c(Br)nccc12. The van der Waals surface area contributed by atoms with Crippen LogP contribution in [0.2, 0.25) is 0 Å². The summed E-state index contributed by atoms with van der Waals surface area (Å²) in [6.45, 7) is 2.82. The molecule has 4 rings (SSSR count). The molecule has 1 atom stereocenters. The maximum Gasteiger partial charge on any atom is 0.295 e. The highest BCUT2D eigenvalue weighted by Crippen LogP contribution is 2.25. The summed E-state index contributed by atoms with van der Waals surface area (Å²) in [7, 11) is 0. The van der Waals surface area contributed by atoms with Crippen molar-refractivity contribution in [1.82, 2.24) is 24.8 Å². The smallest absolute Gasteiger partial charge is 0.295 e. The highest BCUT2D eigenvalue weighted by Gasteiger charge is 2.34. The van der Waals surface area contributed by atoms with Crippen molar-refractivity contribution in [2.24, 2.45) is 0 Å². The van der Waals surface area contributed by atoms with Gasteiger partial charge in [-0.05, 0) is 41.1 Å². The van der Waals surface area contributed by atoms with Gasteiger partial charge in [0.05, 0.1) is 11.1 Å². The van der Waals surface area contributed by atoms with Crippen molar-refractivity contribution in [1.29, 1.82) is 0 Å². The Morgan fingerprint density at radius 2 is 1.97 bits per heavy atom. The maximum atomic E-state index is 12.9. The summed E-state index contributed by atoms with van der Waals surface area (Å²) in [5.74, 6) is -1.33. The third kappa shape index (κ3) is 3.53. The number of pyridine rings is 2. The molecule has 1 N–H and O–H groups in total. The van der Waals surface area contributed by atoms with E-state index in [1.54, 1.807) is 41.6 Å². The number of nitrogens with one attached hydrogen (secondary N) is 1. The highest BCUT2D eigenvalue weighted by atomic mass is 79.9. The number of carbonyl (C=O) groups is 3. The van der Waals surface area contributed by atoms with Crippen LogP contribution in [0.25, 0.3) is 10.9 Å². The Morgan fingerprint density at radius 3 is 2.69 bits per heavy atom. The zero-order valence-electron chi connectivity index (χ0n) is 15.6. The van der Waals surface area contributed by atoms with Crippen molar-refractivity contribution in [2.45, 2.75) is 13.0 Å². The first-order valence-corrected chi connectivity index (χ1v) is 9.94. The molecule has 1 fully saturated rings. The number of fused-ring (bicyclic) bond motifs is 1. The van der Waals surface area contributed by atoms with Gasteiger partial charge in [0, 0.05) is 49.7 Å². The van der Waals surface area contributed by atoms with Crippen molar-refractivity contribution in [3.8, 4) is 0 Å². The number of rotatable bonds is 3. The zero-order chi connectivity index (χ0) is 20.5. The Morgan fingerprint density at radius 1 is 1.14 bits per heavy atom. The molecular formula is C20H18BrN5O3. The van der Waals surface area contributed by atoms with Gasteiger partial charge in [0.1, 0.15) is 10.3 Å². The van der Waals surface area contributed by atoms with Crippen LogP contribution in [-0.2, 0) is 4.79 Å². The van der Waals surface area contributed by atoms with E-state index in [4.69, 9.17) is 0 Å². The number of hydrogen-bond acceptors (Lipinski definition) is 5. The van der Waals surface area contributed by atoms with Crippen LogP contribution in [0.5, 0.6) is 0 Å². The van der Waals surface area contributed by atoms with Crippen LogP contribution in [0.1, 0.15) is 27.8 Å². The highest BCUT2D eigenvalue weighted by molar-refractivity contribution is 9.10. The third-order valence-electron chi connectivity index (χ3n) is 5.05. The predicted molar refractivity (Wildman–Crippen MR) is 109 cm³/mol. The fraction of sp³-hybridized carbons (Fsp3) is 0.250. The molecule has 2 amide bonds. The van der Waals surface area contributed by atoms with Gasteiger partial charge in [-0.3, -0.25) is 19.4 Å². The molecule has 1 aliphatic rings. The topological polar surface area (TPSA) is 99.3 Å². The number of aromatic amines is 1. The van der Waals surface area contributed by atoms with E-state index in [1.165, 1.54) is 11.1 Å². The summed E-state index contributed by atoms with van der Waals surface area (Å²) < 4.78 is 0.580. The van der Waals surface area contributed by atoms with Crippen molar-refractivity contribution < 1.29 is 14.4 Å². The molecule has 0 aromatic carbocycles. The van der Waals surface area contributed by atoms with Crippen molar-refractivity contribution in [2.75, 3.05) is 19.6 Å². The standard InChI is InChI=1S/C20H18BrN5O3/c1-12-11-25(19(28)15-4-2-3-6-22-15)8-9-26(12)20(29)17(27)14-10-24-16-13(14)5-7-23-18(16)21/h2-7,10,12,24H,8-9,11H2,1H3. The molecule has 1 aliphatic heterocycles. The zero-order valence-corrected chi connectivity index (χ0v) is 17.2. The minimum absolute atomic E-state index is 0.176. The van der Waals surface area contributed by atoms with Gasteiger partial charge in [0.25, 0.3) is 17.6 Å². The number of hydrogen-bond donors (Lipinski definition) is 1. The second-order valence-corrected chi connectivity index (χ2v) is 7.62. The maximum absolute atomic E-state index is 12.9. The van der Waals surface area contributed by atoms with Crippen molar-refractivity contribution >= 4 is 44.4 Å². The normalized spacial score (nSPS) is 16.8. The molecule has 3 aromatic rings. The molecule has 29 heavy (non-hydrogen) atoms. The van der Waals surface area contributed by atoms with E-state index >= 15 is 0 Å². The molecule has 8 nitrogen and oxygen atoms in total. The summed E-state index contributed by atoms with van der Waals surface area (Å²) in [6, 6.07) is 6.59. The molecule has 1 saturated heterocycles. The molecule has 148 valence electrons. The van der Waals surface area contributed by atoms with Gasteiger partial charge in [0.15, 0.2) is 0 Å². The molecule has 0 radical (unpaired) electrons. The van der Waals surface area contributed by atoms with E-state index < -0.39 is 11.7 Å². The number of aromatic nitrogens is 3. The van der Waals surface area contributed by atoms with Crippen molar-refractivity contribution in [3.05, 3.63) is 58.7 Å². The fourth-order valence-corrected chi connectivity index (χ4v) is 3.99. The van der Waals surface area contributed by atoms with Crippen molar-refractivity contribution in [3.63, 3.8) is 0 Å². The Bertz CT molecular complexity index is 1100. The average Bonchev–Trinajstić information content (AvgIpc) is 3.18. The third-order valence-corrected chi connectivity index (χ3v) is 5.66.